The molecular weight excluding hydrogens is 276 g/mol. The molecule has 5 nitrogen and oxygen atoms in total. The van der Waals surface area contributed by atoms with Crippen LogP contribution < -0.4 is 0 Å². The Morgan fingerprint density at radius 3 is 3.00 bits per heavy atom. The van der Waals surface area contributed by atoms with Crippen molar-refractivity contribution < 1.29 is 4.74 Å². The number of ether oxygens (including phenoxy) is 1. The van der Waals surface area contributed by atoms with Crippen molar-refractivity contribution in [2.45, 2.75) is 25.5 Å². The van der Waals surface area contributed by atoms with Gasteiger partial charge in [-0.3, -0.25) is 0 Å². The van der Waals surface area contributed by atoms with Gasteiger partial charge >= 0.3 is 0 Å². The molecule has 2 aromatic rings. The van der Waals surface area contributed by atoms with Crippen molar-refractivity contribution in [3.63, 3.8) is 0 Å². The van der Waals surface area contributed by atoms with Crippen LogP contribution in [-0.4, -0.2) is 21.4 Å². The third-order valence-corrected chi connectivity index (χ3v) is 3.61. The van der Waals surface area contributed by atoms with Gasteiger partial charge < -0.3 is 4.74 Å². The van der Waals surface area contributed by atoms with Gasteiger partial charge in [0.2, 0.25) is 0 Å². The Balaban J connectivity index is 1.88. The summed E-state index contributed by atoms with van der Waals surface area (Å²) in [5.41, 5.74) is 1.95. The molecule has 1 atom stereocenters. The molecule has 1 aliphatic rings. The second-order valence-corrected chi connectivity index (χ2v) is 5.03. The number of rotatable bonds is 2. The highest BCUT2D eigenvalue weighted by Crippen LogP contribution is 2.28. The lowest BCUT2D eigenvalue weighted by atomic mass is 10.1. The first-order valence-electron chi connectivity index (χ1n) is 6.51. The Kier molecular flexibility index (Phi) is 3.68. The van der Waals surface area contributed by atoms with Crippen molar-refractivity contribution in [2.24, 2.45) is 0 Å². The molecule has 0 saturated carbocycles. The standard InChI is InChI=1S/C14H13ClN4O/c15-14-12(5-4-11(7-16)18-14)10-8-17-19(9-10)13-3-1-2-6-20-13/h4-5,8-9,13H,1-3,6H2. The van der Waals surface area contributed by atoms with E-state index in [-0.39, 0.29) is 6.23 Å². The Labute approximate surface area is 121 Å². The first-order chi connectivity index (χ1) is 9.78. The van der Waals surface area contributed by atoms with E-state index in [1.54, 1.807) is 18.3 Å². The van der Waals surface area contributed by atoms with Crippen molar-refractivity contribution >= 4 is 11.6 Å². The molecule has 6 heteroatoms. The highest BCUT2D eigenvalue weighted by Gasteiger charge is 2.17. The lowest BCUT2D eigenvalue weighted by Gasteiger charge is -2.22. The minimum Gasteiger partial charge on any atom is -0.357 e. The van der Waals surface area contributed by atoms with E-state index in [1.807, 2.05) is 16.9 Å². The van der Waals surface area contributed by atoms with E-state index < -0.39 is 0 Å². The van der Waals surface area contributed by atoms with Crippen molar-refractivity contribution in [3.8, 4) is 17.2 Å². The van der Waals surface area contributed by atoms with E-state index >= 15 is 0 Å². The zero-order chi connectivity index (χ0) is 13.9. The molecule has 1 unspecified atom stereocenters. The second kappa shape index (κ2) is 5.61. The fourth-order valence-electron chi connectivity index (χ4n) is 2.28. The van der Waals surface area contributed by atoms with Gasteiger partial charge in [0.1, 0.15) is 23.1 Å². The van der Waals surface area contributed by atoms with Gasteiger partial charge in [-0.05, 0) is 31.4 Å². The number of hydrogen-bond acceptors (Lipinski definition) is 4. The summed E-state index contributed by atoms with van der Waals surface area (Å²) < 4.78 is 7.51. The van der Waals surface area contributed by atoms with Crippen LogP contribution in [0.25, 0.3) is 11.1 Å². The number of hydrogen-bond donors (Lipinski definition) is 0. The molecule has 3 heterocycles. The average molecular weight is 289 g/mol. The molecule has 0 amide bonds. The first-order valence-corrected chi connectivity index (χ1v) is 6.88. The van der Waals surface area contributed by atoms with Gasteiger partial charge in [0.25, 0.3) is 0 Å². The third-order valence-electron chi connectivity index (χ3n) is 3.33. The van der Waals surface area contributed by atoms with Gasteiger partial charge in [0.05, 0.1) is 6.20 Å². The topological polar surface area (TPSA) is 63.7 Å². The Bertz CT molecular complexity index is 655. The van der Waals surface area contributed by atoms with E-state index in [0.717, 1.165) is 37.0 Å². The third kappa shape index (κ3) is 2.53. The summed E-state index contributed by atoms with van der Waals surface area (Å²) in [6.45, 7) is 0.777. The van der Waals surface area contributed by atoms with Crippen LogP contribution in [0.3, 0.4) is 0 Å². The zero-order valence-electron chi connectivity index (χ0n) is 10.8. The molecule has 2 aromatic heterocycles. The minimum absolute atomic E-state index is 0.00242. The van der Waals surface area contributed by atoms with Gasteiger partial charge in [-0.25, -0.2) is 9.67 Å². The predicted molar refractivity (Wildman–Crippen MR) is 74.0 cm³/mol. The molecule has 1 saturated heterocycles. The van der Waals surface area contributed by atoms with Gasteiger partial charge in [-0.2, -0.15) is 10.4 Å². The van der Waals surface area contributed by atoms with E-state index in [0.29, 0.717) is 10.8 Å². The van der Waals surface area contributed by atoms with E-state index in [4.69, 9.17) is 21.6 Å². The number of nitrogens with zero attached hydrogens (tertiary/aromatic N) is 4. The SMILES string of the molecule is N#Cc1ccc(-c2cnn(C3CCCCO3)c2)c(Cl)n1. The van der Waals surface area contributed by atoms with Crippen LogP contribution in [0.1, 0.15) is 31.2 Å². The maximum Gasteiger partial charge on any atom is 0.150 e. The predicted octanol–water partition coefficient (Wildman–Crippen LogP) is 3.17. The van der Waals surface area contributed by atoms with Gasteiger partial charge in [0, 0.05) is 23.9 Å². The number of nitriles is 1. The molecule has 0 N–H and O–H groups in total. The molecule has 0 radical (unpaired) electrons. The normalized spacial score (nSPS) is 18.7. The first kappa shape index (κ1) is 13.1. The summed E-state index contributed by atoms with van der Waals surface area (Å²) in [4.78, 5) is 4.03. The monoisotopic (exact) mass is 288 g/mol. The molecule has 0 spiro atoms. The Morgan fingerprint density at radius 1 is 1.40 bits per heavy atom. The number of halogens is 1. The lowest BCUT2D eigenvalue weighted by molar-refractivity contribution is -0.0394. The van der Waals surface area contributed by atoms with Crippen LogP contribution in [0.5, 0.6) is 0 Å². The smallest absolute Gasteiger partial charge is 0.150 e. The van der Waals surface area contributed by atoms with Crippen LogP contribution in [-0.2, 0) is 4.74 Å². The quantitative estimate of drug-likeness (QED) is 0.796. The minimum atomic E-state index is 0.00242. The lowest BCUT2D eigenvalue weighted by Crippen LogP contribution is -2.18. The van der Waals surface area contributed by atoms with Crippen molar-refractivity contribution in [1.82, 2.24) is 14.8 Å². The molecule has 3 rings (SSSR count). The molecule has 0 bridgehead atoms. The summed E-state index contributed by atoms with van der Waals surface area (Å²) in [6, 6.07) is 5.40. The second-order valence-electron chi connectivity index (χ2n) is 4.68. The molecule has 0 aliphatic carbocycles. The van der Waals surface area contributed by atoms with Crippen molar-refractivity contribution in [3.05, 3.63) is 35.4 Å². The molecule has 102 valence electrons. The van der Waals surface area contributed by atoms with Gasteiger partial charge in [-0.15, -0.1) is 0 Å². The van der Waals surface area contributed by atoms with Crippen LogP contribution in [0.2, 0.25) is 5.15 Å². The van der Waals surface area contributed by atoms with Gasteiger partial charge in [0.15, 0.2) is 0 Å². The molecule has 0 aromatic carbocycles. The summed E-state index contributed by atoms with van der Waals surface area (Å²) in [5.74, 6) is 0. The Morgan fingerprint density at radius 2 is 2.30 bits per heavy atom. The summed E-state index contributed by atoms with van der Waals surface area (Å²) in [7, 11) is 0. The molecule has 1 aliphatic heterocycles. The van der Waals surface area contributed by atoms with Crippen LogP contribution in [0.4, 0.5) is 0 Å². The van der Waals surface area contributed by atoms with E-state index in [2.05, 4.69) is 10.1 Å². The Hall–Kier alpha value is -1.90. The highest BCUT2D eigenvalue weighted by molar-refractivity contribution is 6.32. The summed E-state index contributed by atoms with van der Waals surface area (Å²) >= 11 is 6.11. The van der Waals surface area contributed by atoms with E-state index in [1.165, 1.54) is 0 Å². The fraction of sp³-hybridized carbons (Fsp3) is 0.357. The zero-order valence-corrected chi connectivity index (χ0v) is 11.5. The fourth-order valence-corrected chi connectivity index (χ4v) is 2.54. The average Bonchev–Trinajstić information content (AvgIpc) is 2.97. The maximum absolute atomic E-state index is 8.79. The van der Waals surface area contributed by atoms with Crippen LogP contribution in [0.15, 0.2) is 24.5 Å². The van der Waals surface area contributed by atoms with Crippen molar-refractivity contribution in [2.75, 3.05) is 6.61 Å². The van der Waals surface area contributed by atoms with Gasteiger partial charge in [-0.1, -0.05) is 11.6 Å². The molecule has 20 heavy (non-hydrogen) atoms. The maximum atomic E-state index is 8.79. The highest BCUT2D eigenvalue weighted by atomic mass is 35.5. The number of pyridine rings is 1. The molecular formula is C14H13ClN4O. The van der Waals surface area contributed by atoms with E-state index in [9.17, 15) is 0 Å². The summed E-state index contributed by atoms with van der Waals surface area (Å²) in [5, 5.41) is 13.4. The molecule has 1 fully saturated rings. The largest absolute Gasteiger partial charge is 0.357 e. The number of aromatic nitrogens is 3. The van der Waals surface area contributed by atoms with Crippen LogP contribution >= 0.6 is 11.6 Å². The van der Waals surface area contributed by atoms with Crippen LogP contribution in [0, 0.1) is 11.3 Å². The summed E-state index contributed by atoms with van der Waals surface area (Å²) in [6.07, 6.45) is 6.88. The van der Waals surface area contributed by atoms with Crippen molar-refractivity contribution in [1.29, 1.82) is 5.26 Å².